The van der Waals surface area contributed by atoms with Gasteiger partial charge in [-0.05, 0) is 83.0 Å². The second kappa shape index (κ2) is 6.42. The summed E-state index contributed by atoms with van der Waals surface area (Å²) in [6.45, 7) is 6.55. The van der Waals surface area contributed by atoms with Gasteiger partial charge in [-0.25, -0.2) is 0 Å². The Morgan fingerprint density at radius 1 is 0.923 bits per heavy atom. The van der Waals surface area contributed by atoms with Gasteiger partial charge in [-0.1, -0.05) is 54.6 Å². The standard InChI is InChI=1S/C25H23N/c1-16-12-13-21(18(3)17(16)2)25-22-11-7-6-10-20(22)14-23(24(25)15-26)19-8-4-5-9-19/h4-8,10-15,26H,9H2,1-3H3. The lowest BCUT2D eigenvalue weighted by atomic mass is 9.84. The van der Waals surface area contributed by atoms with Crippen LogP contribution in [-0.4, -0.2) is 6.21 Å². The largest absolute Gasteiger partial charge is 0.308 e. The molecule has 0 spiro atoms. The molecule has 26 heavy (non-hydrogen) atoms. The van der Waals surface area contributed by atoms with Crippen LogP contribution in [-0.2, 0) is 0 Å². The van der Waals surface area contributed by atoms with Crippen LogP contribution in [0.4, 0.5) is 0 Å². The van der Waals surface area contributed by atoms with Crippen LogP contribution in [0.15, 0.2) is 60.7 Å². The summed E-state index contributed by atoms with van der Waals surface area (Å²) in [5.74, 6) is 0. The monoisotopic (exact) mass is 337 g/mol. The summed E-state index contributed by atoms with van der Waals surface area (Å²) >= 11 is 0. The van der Waals surface area contributed by atoms with Crippen LogP contribution in [0.25, 0.3) is 27.5 Å². The third kappa shape index (κ3) is 2.52. The highest BCUT2D eigenvalue weighted by Gasteiger charge is 2.18. The lowest BCUT2D eigenvalue weighted by Crippen LogP contribution is -2.00. The predicted molar refractivity (Wildman–Crippen MR) is 113 cm³/mol. The number of rotatable bonds is 3. The molecule has 0 bridgehead atoms. The Bertz CT molecular complexity index is 1100. The van der Waals surface area contributed by atoms with Crippen molar-refractivity contribution in [2.75, 3.05) is 0 Å². The van der Waals surface area contributed by atoms with Gasteiger partial charge in [0.25, 0.3) is 0 Å². The van der Waals surface area contributed by atoms with E-state index in [1.165, 1.54) is 55.9 Å². The minimum atomic E-state index is 0.935. The Labute approximate surface area is 155 Å². The predicted octanol–water partition coefficient (Wildman–Crippen LogP) is 6.77. The van der Waals surface area contributed by atoms with Crippen LogP contribution in [0, 0.1) is 26.2 Å². The molecule has 0 unspecified atom stereocenters. The van der Waals surface area contributed by atoms with Gasteiger partial charge in [0, 0.05) is 11.8 Å². The molecule has 128 valence electrons. The van der Waals surface area contributed by atoms with Gasteiger partial charge in [0.15, 0.2) is 0 Å². The van der Waals surface area contributed by atoms with Crippen LogP contribution in [0.2, 0.25) is 0 Å². The minimum absolute atomic E-state index is 0.935. The van der Waals surface area contributed by atoms with Crippen LogP contribution in [0.5, 0.6) is 0 Å². The van der Waals surface area contributed by atoms with Gasteiger partial charge in [0.05, 0.1) is 0 Å². The zero-order chi connectivity index (χ0) is 18.3. The SMILES string of the molecule is Cc1ccc(-c2c(C=N)c(C3=CC=CC3)cc3ccccc23)c(C)c1C. The first-order valence-electron chi connectivity index (χ1n) is 9.11. The first-order valence-corrected chi connectivity index (χ1v) is 9.11. The van der Waals surface area contributed by atoms with Crippen molar-refractivity contribution in [3.05, 3.63) is 88.5 Å². The molecular weight excluding hydrogens is 314 g/mol. The lowest BCUT2D eigenvalue weighted by molar-refractivity contribution is 1.27. The maximum atomic E-state index is 8.21. The highest BCUT2D eigenvalue weighted by atomic mass is 14.3. The van der Waals surface area contributed by atoms with Crippen LogP contribution in [0.1, 0.15) is 34.2 Å². The van der Waals surface area contributed by atoms with Crippen LogP contribution >= 0.6 is 0 Å². The maximum Gasteiger partial charge on any atom is 0.0262 e. The minimum Gasteiger partial charge on any atom is -0.308 e. The summed E-state index contributed by atoms with van der Waals surface area (Å²) in [4.78, 5) is 0. The van der Waals surface area contributed by atoms with Crippen molar-refractivity contribution in [3.8, 4) is 11.1 Å². The molecule has 0 atom stereocenters. The molecule has 1 aliphatic carbocycles. The molecule has 0 saturated heterocycles. The third-order valence-electron chi connectivity index (χ3n) is 5.68. The average molecular weight is 337 g/mol. The van der Waals surface area contributed by atoms with E-state index in [1.807, 2.05) is 0 Å². The quantitative estimate of drug-likeness (QED) is 0.510. The fourth-order valence-corrected chi connectivity index (χ4v) is 3.94. The molecule has 0 saturated carbocycles. The van der Waals surface area contributed by atoms with Crippen molar-refractivity contribution < 1.29 is 0 Å². The van der Waals surface area contributed by atoms with Gasteiger partial charge in [0.2, 0.25) is 0 Å². The van der Waals surface area contributed by atoms with Gasteiger partial charge in [-0.15, -0.1) is 0 Å². The van der Waals surface area contributed by atoms with E-state index in [4.69, 9.17) is 5.41 Å². The molecule has 1 aliphatic rings. The fraction of sp³-hybridized carbons (Fsp3) is 0.160. The van der Waals surface area contributed by atoms with E-state index < -0.39 is 0 Å². The van der Waals surface area contributed by atoms with E-state index in [0.29, 0.717) is 0 Å². The summed E-state index contributed by atoms with van der Waals surface area (Å²) in [6, 6.07) is 15.2. The van der Waals surface area contributed by atoms with Crippen molar-refractivity contribution in [1.82, 2.24) is 0 Å². The number of fused-ring (bicyclic) bond motifs is 1. The number of allylic oxidation sites excluding steroid dienone is 4. The zero-order valence-electron chi connectivity index (χ0n) is 15.6. The van der Waals surface area contributed by atoms with Crippen molar-refractivity contribution in [2.24, 2.45) is 0 Å². The van der Waals surface area contributed by atoms with Gasteiger partial charge >= 0.3 is 0 Å². The average Bonchev–Trinajstić information content (AvgIpc) is 3.20. The summed E-state index contributed by atoms with van der Waals surface area (Å²) in [5.41, 5.74) is 9.84. The van der Waals surface area contributed by atoms with Crippen LogP contribution in [0.3, 0.4) is 0 Å². The number of hydrogen-bond donors (Lipinski definition) is 1. The first-order chi connectivity index (χ1) is 12.6. The molecule has 0 fully saturated rings. The molecule has 0 aromatic heterocycles. The third-order valence-corrected chi connectivity index (χ3v) is 5.68. The van der Waals surface area contributed by atoms with Gasteiger partial charge in [-0.2, -0.15) is 0 Å². The number of hydrogen-bond acceptors (Lipinski definition) is 1. The summed E-state index contributed by atoms with van der Waals surface area (Å²) in [6.07, 6.45) is 8.93. The maximum absolute atomic E-state index is 8.21. The molecule has 0 heterocycles. The van der Waals surface area contributed by atoms with E-state index in [2.05, 4.69) is 81.5 Å². The molecule has 0 radical (unpaired) electrons. The molecule has 1 nitrogen and oxygen atoms in total. The van der Waals surface area contributed by atoms with Gasteiger partial charge in [-0.3, -0.25) is 0 Å². The molecule has 1 heteroatoms. The number of aryl methyl sites for hydroxylation is 1. The molecule has 0 amide bonds. The first kappa shape index (κ1) is 16.5. The van der Waals surface area contributed by atoms with E-state index in [9.17, 15) is 0 Å². The number of benzene rings is 3. The Morgan fingerprint density at radius 3 is 2.46 bits per heavy atom. The summed E-state index contributed by atoms with van der Waals surface area (Å²) in [7, 11) is 0. The Kier molecular flexibility index (Phi) is 4.08. The molecule has 4 rings (SSSR count). The molecule has 0 aliphatic heterocycles. The van der Waals surface area contributed by atoms with Gasteiger partial charge in [0.1, 0.15) is 0 Å². The Hall–Kier alpha value is -2.93. The van der Waals surface area contributed by atoms with E-state index in [-0.39, 0.29) is 0 Å². The summed E-state index contributed by atoms with van der Waals surface area (Å²) in [5, 5.41) is 10.7. The highest BCUT2D eigenvalue weighted by molar-refractivity contribution is 6.09. The lowest BCUT2D eigenvalue weighted by Gasteiger charge is -2.19. The van der Waals surface area contributed by atoms with E-state index in [0.717, 1.165) is 12.0 Å². The van der Waals surface area contributed by atoms with E-state index >= 15 is 0 Å². The Morgan fingerprint density at radius 2 is 1.73 bits per heavy atom. The molecule has 1 N–H and O–H groups in total. The topological polar surface area (TPSA) is 23.9 Å². The highest BCUT2D eigenvalue weighted by Crippen LogP contribution is 2.40. The van der Waals surface area contributed by atoms with Crippen molar-refractivity contribution in [1.29, 1.82) is 5.41 Å². The van der Waals surface area contributed by atoms with Gasteiger partial charge < -0.3 is 5.41 Å². The zero-order valence-corrected chi connectivity index (χ0v) is 15.6. The second-order valence-electron chi connectivity index (χ2n) is 7.08. The number of nitrogens with one attached hydrogen (secondary N) is 1. The smallest absolute Gasteiger partial charge is 0.0262 e. The normalized spacial score (nSPS) is 13.3. The van der Waals surface area contributed by atoms with E-state index in [1.54, 1.807) is 0 Å². The second-order valence-corrected chi connectivity index (χ2v) is 7.08. The Balaban J connectivity index is 2.14. The van der Waals surface area contributed by atoms with Crippen molar-refractivity contribution in [2.45, 2.75) is 27.2 Å². The molecular formula is C25H23N. The molecule has 3 aromatic carbocycles. The van der Waals surface area contributed by atoms with Crippen LogP contribution < -0.4 is 0 Å². The van der Waals surface area contributed by atoms with Crippen molar-refractivity contribution in [3.63, 3.8) is 0 Å². The fourth-order valence-electron chi connectivity index (χ4n) is 3.94. The summed E-state index contributed by atoms with van der Waals surface area (Å²) < 4.78 is 0. The van der Waals surface area contributed by atoms with Crippen molar-refractivity contribution >= 4 is 22.6 Å². The molecule has 3 aromatic rings.